The van der Waals surface area contributed by atoms with Gasteiger partial charge in [-0.3, -0.25) is 0 Å². The Morgan fingerprint density at radius 2 is 1.77 bits per heavy atom. The number of anilines is 1. The minimum Gasteiger partial charge on any atom is -0.497 e. The highest BCUT2D eigenvalue weighted by Gasteiger charge is 2.24. The summed E-state index contributed by atoms with van der Waals surface area (Å²) >= 11 is 0. The monoisotopic (exact) mass is 411 g/mol. The molecule has 2 heterocycles. The third-order valence-electron chi connectivity index (χ3n) is 5.18. The summed E-state index contributed by atoms with van der Waals surface area (Å²) in [5, 5.41) is 15.4. The maximum absolute atomic E-state index is 5.92. The van der Waals surface area contributed by atoms with Crippen LogP contribution in [0.4, 0.5) is 5.95 Å². The van der Waals surface area contributed by atoms with E-state index in [-0.39, 0.29) is 6.04 Å². The van der Waals surface area contributed by atoms with E-state index in [9.17, 15) is 0 Å². The maximum Gasteiger partial charge on any atom is 0.248 e. The predicted octanol–water partition coefficient (Wildman–Crippen LogP) is 4.32. The van der Waals surface area contributed by atoms with Crippen LogP contribution in [-0.4, -0.2) is 27.3 Å². The first kappa shape index (κ1) is 18.9. The minimum absolute atomic E-state index is 0.143. The largest absolute Gasteiger partial charge is 0.497 e. The molecule has 0 amide bonds. The lowest BCUT2D eigenvalue weighted by Crippen LogP contribution is -2.20. The molecule has 0 bridgehead atoms. The molecule has 0 fully saturated rings. The summed E-state index contributed by atoms with van der Waals surface area (Å²) in [7, 11) is 1.66. The van der Waals surface area contributed by atoms with Crippen molar-refractivity contribution in [3.63, 3.8) is 0 Å². The minimum atomic E-state index is -0.143. The highest BCUT2D eigenvalue weighted by atomic mass is 16.5. The second-order valence-corrected chi connectivity index (χ2v) is 7.17. The van der Waals surface area contributed by atoms with E-state index in [1.54, 1.807) is 11.8 Å². The molecule has 31 heavy (non-hydrogen) atoms. The van der Waals surface area contributed by atoms with Gasteiger partial charge in [-0.25, -0.2) is 0 Å². The van der Waals surface area contributed by atoms with Crippen LogP contribution >= 0.6 is 0 Å². The van der Waals surface area contributed by atoms with E-state index in [0.717, 1.165) is 33.9 Å². The first-order valence-corrected chi connectivity index (χ1v) is 9.98. The number of allylic oxidation sites excluding steroid dienone is 1. The summed E-state index contributed by atoms with van der Waals surface area (Å²) in [6.07, 6.45) is 2.11. The topological polar surface area (TPSA) is 74.1 Å². The molecule has 0 unspecified atom stereocenters. The zero-order valence-electron chi connectivity index (χ0n) is 17.0. The molecule has 0 aliphatic carbocycles. The molecule has 4 aromatic rings. The molecular formula is C24H21N5O2. The van der Waals surface area contributed by atoms with Crippen LogP contribution < -0.4 is 14.8 Å². The number of nitrogens with zero attached hydrogens (tertiary/aromatic N) is 4. The quantitative estimate of drug-likeness (QED) is 0.509. The summed E-state index contributed by atoms with van der Waals surface area (Å²) < 4.78 is 13.0. The lowest BCUT2D eigenvalue weighted by molar-refractivity contribution is 0.306. The van der Waals surface area contributed by atoms with Crippen LogP contribution in [0.2, 0.25) is 0 Å². The highest BCUT2D eigenvalue weighted by Crippen LogP contribution is 2.33. The van der Waals surface area contributed by atoms with Crippen molar-refractivity contribution in [2.45, 2.75) is 12.6 Å². The molecule has 154 valence electrons. The van der Waals surface area contributed by atoms with Gasteiger partial charge in [0.25, 0.3) is 0 Å². The average molecular weight is 411 g/mol. The zero-order chi connectivity index (χ0) is 21.0. The molecule has 0 spiro atoms. The maximum atomic E-state index is 5.92. The summed E-state index contributed by atoms with van der Waals surface area (Å²) in [6, 6.07) is 25.9. The highest BCUT2D eigenvalue weighted by molar-refractivity contribution is 5.77. The number of hydrogen-bond acceptors (Lipinski definition) is 6. The van der Waals surface area contributed by atoms with Crippen molar-refractivity contribution >= 4 is 11.6 Å². The van der Waals surface area contributed by atoms with E-state index in [1.807, 2.05) is 78.9 Å². The van der Waals surface area contributed by atoms with E-state index in [4.69, 9.17) is 9.47 Å². The Bertz CT molecular complexity index is 1200. The summed E-state index contributed by atoms with van der Waals surface area (Å²) in [6.45, 7) is 0.532. The normalized spacial score (nSPS) is 14.9. The van der Waals surface area contributed by atoms with Crippen molar-refractivity contribution < 1.29 is 9.47 Å². The molecule has 5 rings (SSSR count). The molecule has 0 saturated carbocycles. The van der Waals surface area contributed by atoms with Crippen molar-refractivity contribution in [3.05, 3.63) is 102 Å². The number of nitrogens with one attached hydrogen (secondary N) is 1. The van der Waals surface area contributed by atoms with Crippen molar-refractivity contribution in [2.24, 2.45) is 0 Å². The van der Waals surface area contributed by atoms with Gasteiger partial charge in [0.05, 0.1) is 7.11 Å². The van der Waals surface area contributed by atoms with Crippen molar-refractivity contribution in [1.82, 2.24) is 20.2 Å². The lowest BCUT2D eigenvalue weighted by atomic mass is 10.0. The summed E-state index contributed by atoms with van der Waals surface area (Å²) in [4.78, 5) is 0. The van der Waals surface area contributed by atoms with Gasteiger partial charge >= 0.3 is 0 Å². The zero-order valence-corrected chi connectivity index (χ0v) is 17.0. The molecule has 1 N–H and O–H groups in total. The van der Waals surface area contributed by atoms with Crippen LogP contribution in [0.3, 0.4) is 0 Å². The third kappa shape index (κ3) is 3.98. The number of aromatic nitrogens is 4. The van der Waals surface area contributed by atoms with Crippen LogP contribution in [0, 0.1) is 0 Å². The molecule has 1 aliphatic heterocycles. The van der Waals surface area contributed by atoms with Gasteiger partial charge in [-0.05, 0) is 51.9 Å². The summed E-state index contributed by atoms with van der Waals surface area (Å²) in [5.41, 5.74) is 4.12. The Morgan fingerprint density at radius 1 is 0.935 bits per heavy atom. The van der Waals surface area contributed by atoms with E-state index < -0.39 is 0 Å². The van der Waals surface area contributed by atoms with Gasteiger partial charge in [-0.2, -0.15) is 4.68 Å². The van der Waals surface area contributed by atoms with E-state index in [1.165, 1.54) is 0 Å². The fourth-order valence-electron chi connectivity index (χ4n) is 3.55. The number of fused-ring (bicyclic) bond motifs is 1. The molecule has 3 aromatic carbocycles. The Kier molecular flexibility index (Phi) is 5.06. The number of hydrogen-bond donors (Lipinski definition) is 1. The van der Waals surface area contributed by atoms with Gasteiger partial charge in [0.1, 0.15) is 24.1 Å². The fraction of sp³-hybridized carbons (Fsp3) is 0.125. The van der Waals surface area contributed by atoms with Gasteiger partial charge in [0.2, 0.25) is 5.95 Å². The van der Waals surface area contributed by atoms with Gasteiger partial charge < -0.3 is 14.8 Å². The Balaban J connectivity index is 1.40. The van der Waals surface area contributed by atoms with Gasteiger partial charge in [0.15, 0.2) is 0 Å². The van der Waals surface area contributed by atoms with Gasteiger partial charge in [-0.1, -0.05) is 59.7 Å². The SMILES string of the molecule is COc1cccc(C2=C[C@@H](c3ccc(OCc4ccccc4)cc3)n3nnnc3N2)c1. The number of ether oxygens (including phenoxy) is 2. The Hall–Kier alpha value is -4.13. The van der Waals surface area contributed by atoms with E-state index in [0.29, 0.717) is 12.6 Å². The van der Waals surface area contributed by atoms with E-state index in [2.05, 4.69) is 26.9 Å². The Morgan fingerprint density at radius 3 is 2.58 bits per heavy atom. The number of rotatable bonds is 6. The fourth-order valence-corrected chi connectivity index (χ4v) is 3.55. The standard InChI is InChI=1S/C24H21N5O2/c1-30-21-9-5-8-19(14-21)22-15-23(29-24(25-22)26-27-28-29)18-10-12-20(13-11-18)31-16-17-6-3-2-4-7-17/h2-15,23H,16H2,1H3,(H,25,26,28)/t23-/m0/s1. The average Bonchev–Trinajstić information content (AvgIpc) is 3.32. The number of benzene rings is 3. The number of methoxy groups -OCH3 is 1. The molecule has 1 aliphatic rings. The summed E-state index contributed by atoms with van der Waals surface area (Å²) in [5.74, 6) is 2.20. The van der Waals surface area contributed by atoms with Crippen LogP contribution in [0.25, 0.3) is 5.70 Å². The molecule has 7 heteroatoms. The van der Waals surface area contributed by atoms with Gasteiger partial charge in [-0.15, -0.1) is 0 Å². The predicted molar refractivity (Wildman–Crippen MR) is 118 cm³/mol. The van der Waals surface area contributed by atoms with Crippen molar-refractivity contribution in [3.8, 4) is 11.5 Å². The van der Waals surface area contributed by atoms with Crippen LogP contribution in [0.15, 0.2) is 84.9 Å². The second kappa shape index (κ2) is 8.31. The van der Waals surface area contributed by atoms with Crippen LogP contribution in [0.5, 0.6) is 11.5 Å². The van der Waals surface area contributed by atoms with Gasteiger partial charge in [0, 0.05) is 11.3 Å². The molecule has 7 nitrogen and oxygen atoms in total. The second-order valence-electron chi connectivity index (χ2n) is 7.17. The van der Waals surface area contributed by atoms with Crippen LogP contribution in [-0.2, 0) is 6.61 Å². The molecular weight excluding hydrogens is 390 g/mol. The molecule has 1 atom stereocenters. The van der Waals surface area contributed by atoms with Crippen molar-refractivity contribution in [1.29, 1.82) is 0 Å². The first-order valence-electron chi connectivity index (χ1n) is 9.98. The molecule has 0 radical (unpaired) electrons. The number of tetrazole rings is 1. The third-order valence-corrected chi connectivity index (χ3v) is 5.18. The molecule has 1 aromatic heterocycles. The Labute approximate surface area is 179 Å². The first-order chi connectivity index (χ1) is 15.3. The van der Waals surface area contributed by atoms with E-state index >= 15 is 0 Å². The smallest absolute Gasteiger partial charge is 0.248 e. The lowest BCUT2D eigenvalue weighted by Gasteiger charge is -2.23. The van der Waals surface area contributed by atoms with Crippen molar-refractivity contribution in [2.75, 3.05) is 12.4 Å². The van der Waals surface area contributed by atoms with Crippen LogP contribution in [0.1, 0.15) is 22.7 Å². The molecule has 0 saturated heterocycles.